The quantitative estimate of drug-likeness (QED) is 0.280. The van der Waals surface area contributed by atoms with E-state index in [2.05, 4.69) is 0 Å². The van der Waals surface area contributed by atoms with Gasteiger partial charge in [-0.1, -0.05) is 12.1 Å². The molecule has 1 N–H and O–H groups in total. The Kier molecular flexibility index (Phi) is 8.58. The first kappa shape index (κ1) is 28.9. The van der Waals surface area contributed by atoms with Gasteiger partial charge in [0.2, 0.25) is 0 Å². The zero-order chi connectivity index (χ0) is 28.4. The molecular weight excluding hydrogens is 528 g/mol. The first-order valence-electron chi connectivity index (χ1n) is 12.8. The van der Waals surface area contributed by atoms with Gasteiger partial charge in [0.25, 0.3) is 0 Å². The second-order valence-corrected chi connectivity index (χ2v) is 10.2. The Bertz CT molecular complexity index is 1180. The van der Waals surface area contributed by atoms with Crippen molar-refractivity contribution < 1.29 is 45.8 Å². The number of likely N-dealkylation sites (tertiary alicyclic amines) is 1. The van der Waals surface area contributed by atoms with Crippen LogP contribution in [0.3, 0.4) is 0 Å². The Hall–Kier alpha value is -3.08. The van der Waals surface area contributed by atoms with E-state index in [-0.39, 0.29) is 25.3 Å². The molecule has 5 nitrogen and oxygen atoms in total. The molecule has 1 atom stereocenters. The predicted octanol–water partition coefficient (Wildman–Crippen LogP) is 6.56. The highest BCUT2D eigenvalue weighted by Crippen LogP contribution is 2.44. The van der Waals surface area contributed by atoms with E-state index >= 15 is 0 Å². The Morgan fingerprint density at radius 2 is 1.64 bits per heavy atom. The number of carboxylic acids is 1. The van der Waals surface area contributed by atoms with Crippen LogP contribution in [0.2, 0.25) is 0 Å². The van der Waals surface area contributed by atoms with E-state index in [1.807, 2.05) is 11.0 Å². The molecule has 39 heavy (non-hydrogen) atoms. The molecule has 212 valence electrons. The van der Waals surface area contributed by atoms with Crippen LogP contribution in [-0.2, 0) is 28.3 Å². The zero-order valence-electron chi connectivity index (χ0n) is 21.0. The van der Waals surface area contributed by atoms with Crippen molar-refractivity contribution in [2.45, 2.75) is 62.9 Å². The van der Waals surface area contributed by atoms with Crippen LogP contribution in [0.25, 0.3) is 0 Å². The predicted molar refractivity (Wildman–Crippen MR) is 129 cm³/mol. The Labute approximate surface area is 221 Å². The fraction of sp³-hybridized carbons (Fsp3) is 0.500. The molecule has 0 aromatic heterocycles. The van der Waals surface area contributed by atoms with Crippen LogP contribution in [0.5, 0.6) is 0 Å². The standard InChI is InChI=1S/C28H29F6NO4/c29-27(30,31)21-6-7-24(28(32,33)34)19(15-21)8-11-35-12-9-22(10-13-35)39-26(38)20-3-1-2-18(14-20)23(16-25(36)37)17-4-5-17/h1-3,6-7,14-15,17,22-23H,4-5,8-13,16H2,(H,36,37)/t23-/m0/s1. The largest absolute Gasteiger partial charge is 0.481 e. The summed E-state index contributed by atoms with van der Waals surface area (Å²) in [6, 6.07) is 8.30. The van der Waals surface area contributed by atoms with E-state index in [1.165, 1.54) is 0 Å². The van der Waals surface area contributed by atoms with Crippen molar-refractivity contribution >= 4 is 11.9 Å². The monoisotopic (exact) mass is 557 g/mol. The van der Waals surface area contributed by atoms with Crippen molar-refractivity contribution in [3.8, 4) is 0 Å². The van der Waals surface area contributed by atoms with E-state index in [0.717, 1.165) is 18.4 Å². The molecule has 0 bridgehead atoms. The Balaban J connectivity index is 1.32. The fourth-order valence-corrected chi connectivity index (χ4v) is 5.14. The van der Waals surface area contributed by atoms with Gasteiger partial charge in [-0.3, -0.25) is 4.79 Å². The maximum Gasteiger partial charge on any atom is 0.416 e. The van der Waals surface area contributed by atoms with Gasteiger partial charge in [-0.05, 0) is 85.4 Å². The van der Waals surface area contributed by atoms with Crippen molar-refractivity contribution in [1.29, 1.82) is 0 Å². The van der Waals surface area contributed by atoms with Crippen LogP contribution in [0.4, 0.5) is 26.3 Å². The topological polar surface area (TPSA) is 66.8 Å². The lowest BCUT2D eigenvalue weighted by Gasteiger charge is -2.32. The number of nitrogens with zero attached hydrogens (tertiary/aromatic N) is 1. The van der Waals surface area contributed by atoms with Crippen LogP contribution in [0.15, 0.2) is 42.5 Å². The molecule has 2 aromatic rings. The molecule has 0 unspecified atom stereocenters. The van der Waals surface area contributed by atoms with Gasteiger partial charge in [-0.15, -0.1) is 0 Å². The minimum absolute atomic E-state index is 0.00735. The summed E-state index contributed by atoms with van der Waals surface area (Å²) in [6.07, 6.45) is -7.34. The number of hydrogen-bond donors (Lipinski definition) is 1. The molecule has 0 spiro atoms. The molecule has 4 rings (SSSR count). The average molecular weight is 558 g/mol. The van der Waals surface area contributed by atoms with Gasteiger partial charge >= 0.3 is 24.3 Å². The molecule has 1 saturated heterocycles. The summed E-state index contributed by atoms with van der Waals surface area (Å²) >= 11 is 0. The van der Waals surface area contributed by atoms with E-state index in [0.29, 0.717) is 55.6 Å². The highest BCUT2D eigenvalue weighted by molar-refractivity contribution is 5.89. The van der Waals surface area contributed by atoms with Crippen molar-refractivity contribution in [3.63, 3.8) is 0 Å². The number of aliphatic carboxylic acids is 1. The molecule has 0 amide bonds. The fourth-order valence-electron chi connectivity index (χ4n) is 5.14. The SMILES string of the molecule is O=C(O)C[C@H](c1cccc(C(=O)OC2CCN(CCc3cc(C(F)(F)F)ccc3C(F)(F)F)CC2)c1)C1CC1. The molecular formula is C28H29F6NO4. The summed E-state index contributed by atoms with van der Waals surface area (Å²) in [5.74, 6) is -1.29. The third-order valence-corrected chi connectivity index (χ3v) is 7.38. The molecule has 2 aromatic carbocycles. The normalized spacial score (nSPS) is 18.1. The van der Waals surface area contributed by atoms with Crippen molar-refractivity contribution in [2.24, 2.45) is 5.92 Å². The molecule has 11 heteroatoms. The number of ether oxygens (including phenoxy) is 1. The Morgan fingerprint density at radius 3 is 2.23 bits per heavy atom. The summed E-state index contributed by atoms with van der Waals surface area (Å²) in [6.45, 7) is 0.973. The van der Waals surface area contributed by atoms with Crippen LogP contribution >= 0.6 is 0 Å². The second-order valence-electron chi connectivity index (χ2n) is 10.2. The first-order chi connectivity index (χ1) is 18.3. The lowest BCUT2D eigenvalue weighted by atomic mass is 9.90. The third-order valence-electron chi connectivity index (χ3n) is 7.38. The third kappa shape index (κ3) is 7.74. The minimum atomic E-state index is -4.76. The summed E-state index contributed by atoms with van der Waals surface area (Å²) in [5, 5.41) is 9.24. The van der Waals surface area contributed by atoms with Gasteiger partial charge in [0.15, 0.2) is 0 Å². The number of carbonyl (C=O) groups excluding carboxylic acids is 1. The molecule has 1 heterocycles. The zero-order valence-corrected chi connectivity index (χ0v) is 21.0. The van der Waals surface area contributed by atoms with Crippen LogP contribution < -0.4 is 0 Å². The van der Waals surface area contributed by atoms with Gasteiger partial charge < -0.3 is 14.7 Å². The van der Waals surface area contributed by atoms with Gasteiger partial charge in [0, 0.05) is 19.6 Å². The van der Waals surface area contributed by atoms with Gasteiger partial charge in [0.1, 0.15) is 6.10 Å². The summed E-state index contributed by atoms with van der Waals surface area (Å²) in [7, 11) is 0. The second kappa shape index (κ2) is 11.6. The van der Waals surface area contributed by atoms with Crippen molar-refractivity contribution in [1.82, 2.24) is 4.90 Å². The minimum Gasteiger partial charge on any atom is -0.481 e. The average Bonchev–Trinajstić information content (AvgIpc) is 3.71. The smallest absolute Gasteiger partial charge is 0.416 e. The maximum atomic E-state index is 13.4. The number of carbonyl (C=O) groups is 2. The molecule has 1 aliphatic carbocycles. The van der Waals surface area contributed by atoms with Crippen LogP contribution in [0, 0.1) is 5.92 Å². The summed E-state index contributed by atoms with van der Waals surface area (Å²) < 4.78 is 84.9. The number of alkyl halides is 6. The number of benzene rings is 2. The lowest BCUT2D eigenvalue weighted by molar-refractivity contribution is -0.141. The first-order valence-corrected chi connectivity index (χ1v) is 12.8. The molecule has 1 aliphatic heterocycles. The summed E-state index contributed by atoms with van der Waals surface area (Å²) in [5.41, 5.74) is -1.48. The number of carboxylic acid groups (broad SMARTS) is 1. The number of piperidine rings is 1. The molecule has 1 saturated carbocycles. The van der Waals surface area contributed by atoms with Gasteiger partial charge in [-0.2, -0.15) is 26.3 Å². The lowest BCUT2D eigenvalue weighted by Crippen LogP contribution is -2.39. The highest BCUT2D eigenvalue weighted by atomic mass is 19.4. The number of halogens is 6. The van der Waals surface area contributed by atoms with Crippen LogP contribution in [-0.4, -0.2) is 47.7 Å². The van der Waals surface area contributed by atoms with E-state index in [1.54, 1.807) is 18.2 Å². The Morgan fingerprint density at radius 1 is 0.949 bits per heavy atom. The molecule has 0 radical (unpaired) electrons. The van der Waals surface area contributed by atoms with Crippen LogP contribution in [0.1, 0.15) is 70.6 Å². The number of rotatable bonds is 9. The number of esters is 1. The van der Waals surface area contributed by atoms with E-state index in [9.17, 15) is 41.0 Å². The van der Waals surface area contributed by atoms with E-state index < -0.39 is 47.1 Å². The van der Waals surface area contributed by atoms with Crippen molar-refractivity contribution in [3.05, 3.63) is 70.3 Å². The highest BCUT2D eigenvalue weighted by Gasteiger charge is 2.37. The maximum absolute atomic E-state index is 13.4. The van der Waals surface area contributed by atoms with Gasteiger partial charge in [0.05, 0.1) is 23.1 Å². The van der Waals surface area contributed by atoms with E-state index in [4.69, 9.17) is 4.74 Å². The van der Waals surface area contributed by atoms with Crippen molar-refractivity contribution in [2.75, 3.05) is 19.6 Å². The van der Waals surface area contributed by atoms with Gasteiger partial charge in [-0.25, -0.2) is 4.79 Å². The molecule has 2 fully saturated rings. The summed E-state index contributed by atoms with van der Waals surface area (Å²) in [4.78, 5) is 25.9. The number of hydrogen-bond acceptors (Lipinski definition) is 4. The molecule has 2 aliphatic rings.